The van der Waals surface area contributed by atoms with Gasteiger partial charge in [-0.15, -0.1) is 0 Å². The Morgan fingerprint density at radius 3 is 2.50 bits per heavy atom. The fourth-order valence-electron chi connectivity index (χ4n) is 3.42. The fraction of sp³-hybridized carbons (Fsp3) is 0.381. The van der Waals surface area contributed by atoms with Gasteiger partial charge >= 0.3 is 5.97 Å². The second-order valence-electron chi connectivity index (χ2n) is 7.29. The number of sulfonamides is 1. The molecule has 32 heavy (non-hydrogen) atoms. The van der Waals surface area contributed by atoms with Gasteiger partial charge in [0, 0.05) is 38.6 Å². The van der Waals surface area contributed by atoms with Crippen molar-refractivity contribution >= 4 is 27.6 Å². The molecule has 1 fully saturated rings. The van der Waals surface area contributed by atoms with Crippen LogP contribution in [0.5, 0.6) is 0 Å². The van der Waals surface area contributed by atoms with E-state index in [0.717, 1.165) is 12.8 Å². The Morgan fingerprint density at radius 2 is 1.88 bits per heavy atom. The van der Waals surface area contributed by atoms with Crippen LogP contribution in [0.4, 0.5) is 10.1 Å². The highest BCUT2D eigenvalue weighted by molar-refractivity contribution is 7.89. The lowest BCUT2D eigenvalue weighted by molar-refractivity contribution is -0.121. The lowest BCUT2D eigenvalue weighted by atomic mass is 10.2. The number of ether oxygens (including phenoxy) is 1. The Bertz CT molecular complexity index is 1130. The second kappa shape index (κ2) is 9.93. The largest absolute Gasteiger partial charge is 0.451 e. The summed E-state index contributed by atoms with van der Waals surface area (Å²) in [5.41, 5.74) is 0.349. The molecule has 9 nitrogen and oxygen atoms in total. The molecule has 0 spiro atoms. The highest BCUT2D eigenvalue weighted by Crippen LogP contribution is 2.23. The minimum Gasteiger partial charge on any atom is -0.451 e. The lowest BCUT2D eigenvalue weighted by Crippen LogP contribution is -2.35. The topological polar surface area (TPSA) is 113 Å². The van der Waals surface area contributed by atoms with Crippen molar-refractivity contribution in [2.75, 3.05) is 31.1 Å². The maximum Gasteiger partial charge on any atom is 0.355 e. The van der Waals surface area contributed by atoms with Gasteiger partial charge in [-0.2, -0.15) is 9.57 Å². The summed E-state index contributed by atoms with van der Waals surface area (Å²) in [6.45, 7) is 0.294. The number of aromatic nitrogens is 1. The van der Waals surface area contributed by atoms with Crippen LogP contribution in [-0.4, -0.2) is 55.4 Å². The first kappa shape index (κ1) is 23.4. The molecular weight excluding hydrogens is 439 g/mol. The van der Waals surface area contributed by atoms with Crippen molar-refractivity contribution in [1.29, 1.82) is 5.26 Å². The van der Waals surface area contributed by atoms with Crippen LogP contribution in [0.1, 0.15) is 29.8 Å². The van der Waals surface area contributed by atoms with E-state index in [1.165, 1.54) is 57.3 Å². The van der Waals surface area contributed by atoms with E-state index < -0.39 is 34.3 Å². The van der Waals surface area contributed by atoms with Gasteiger partial charge in [-0.05, 0) is 43.2 Å². The normalized spacial score (nSPS) is 14.2. The third-order valence-corrected chi connectivity index (χ3v) is 6.97. The first-order valence-corrected chi connectivity index (χ1v) is 11.4. The van der Waals surface area contributed by atoms with Crippen molar-refractivity contribution in [3.05, 3.63) is 48.0 Å². The van der Waals surface area contributed by atoms with Gasteiger partial charge in [0.1, 0.15) is 16.4 Å². The van der Waals surface area contributed by atoms with E-state index in [1.54, 1.807) is 0 Å². The van der Waals surface area contributed by atoms with Crippen LogP contribution in [0.15, 0.2) is 41.4 Å². The van der Waals surface area contributed by atoms with Crippen LogP contribution in [0.25, 0.3) is 0 Å². The van der Waals surface area contributed by atoms with Crippen LogP contribution in [0.2, 0.25) is 0 Å². The van der Waals surface area contributed by atoms with E-state index in [9.17, 15) is 22.4 Å². The van der Waals surface area contributed by atoms with Crippen LogP contribution >= 0.6 is 0 Å². The SMILES string of the molecule is Cn1cc(S(=O)(=O)N2CCCC2)cc1C(=O)OCC(=O)N(CCC#N)c1ccc(F)cc1. The predicted molar refractivity (Wildman–Crippen MR) is 113 cm³/mol. The number of carbonyl (C=O) groups is 2. The van der Waals surface area contributed by atoms with Crippen molar-refractivity contribution in [2.24, 2.45) is 7.05 Å². The molecule has 0 unspecified atom stereocenters. The highest BCUT2D eigenvalue weighted by Gasteiger charge is 2.30. The number of hydrogen-bond donors (Lipinski definition) is 0. The van der Waals surface area contributed by atoms with E-state index >= 15 is 0 Å². The van der Waals surface area contributed by atoms with Gasteiger partial charge in [0.05, 0.1) is 12.5 Å². The molecule has 1 saturated heterocycles. The summed E-state index contributed by atoms with van der Waals surface area (Å²) in [6.07, 6.45) is 2.95. The van der Waals surface area contributed by atoms with Gasteiger partial charge in [-0.1, -0.05) is 0 Å². The summed E-state index contributed by atoms with van der Waals surface area (Å²) in [6, 6.07) is 8.30. The summed E-state index contributed by atoms with van der Waals surface area (Å²) in [5.74, 6) is -1.93. The number of hydrogen-bond acceptors (Lipinski definition) is 6. The molecule has 1 aliphatic heterocycles. The zero-order chi connectivity index (χ0) is 23.3. The summed E-state index contributed by atoms with van der Waals surface area (Å²) in [4.78, 5) is 26.4. The number of amides is 1. The fourth-order valence-corrected chi connectivity index (χ4v) is 5.00. The lowest BCUT2D eigenvalue weighted by Gasteiger charge is -2.21. The van der Waals surface area contributed by atoms with E-state index in [1.807, 2.05) is 6.07 Å². The zero-order valence-corrected chi connectivity index (χ0v) is 18.3. The maximum atomic E-state index is 13.2. The van der Waals surface area contributed by atoms with Crippen molar-refractivity contribution in [2.45, 2.75) is 24.2 Å². The number of nitrogens with zero attached hydrogens (tertiary/aromatic N) is 4. The molecule has 0 bridgehead atoms. The molecule has 0 radical (unpaired) electrons. The van der Waals surface area contributed by atoms with Crippen LogP contribution in [-0.2, 0) is 26.6 Å². The Balaban J connectivity index is 1.70. The summed E-state index contributed by atoms with van der Waals surface area (Å²) in [7, 11) is -2.19. The van der Waals surface area contributed by atoms with E-state index in [0.29, 0.717) is 18.8 Å². The van der Waals surface area contributed by atoms with Crippen molar-refractivity contribution in [1.82, 2.24) is 8.87 Å². The van der Waals surface area contributed by atoms with Crippen LogP contribution in [0, 0.1) is 17.1 Å². The van der Waals surface area contributed by atoms with Gasteiger partial charge in [-0.3, -0.25) is 4.79 Å². The van der Waals surface area contributed by atoms with Gasteiger partial charge in [0.25, 0.3) is 5.91 Å². The minimum atomic E-state index is -3.70. The number of benzene rings is 1. The first-order chi connectivity index (χ1) is 15.2. The molecule has 170 valence electrons. The Morgan fingerprint density at radius 1 is 1.22 bits per heavy atom. The molecular formula is C21H23FN4O5S. The number of nitriles is 1. The Hall–Kier alpha value is -3.23. The number of aryl methyl sites for hydroxylation is 1. The number of halogens is 1. The molecule has 11 heteroatoms. The van der Waals surface area contributed by atoms with Gasteiger partial charge in [0.2, 0.25) is 10.0 Å². The van der Waals surface area contributed by atoms with Crippen molar-refractivity contribution in [3.63, 3.8) is 0 Å². The van der Waals surface area contributed by atoms with Gasteiger partial charge < -0.3 is 14.2 Å². The monoisotopic (exact) mass is 462 g/mol. The number of carbonyl (C=O) groups excluding carboxylic acids is 2. The Kier molecular flexibility index (Phi) is 7.27. The summed E-state index contributed by atoms with van der Waals surface area (Å²) in [5, 5.41) is 8.84. The van der Waals surface area contributed by atoms with Crippen LogP contribution in [0.3, 0.4) is 0 Å². The summed E-state index contributed by atoms with van der Waals surface area (Å²) < 4.78 is 46.4. The molecule has 1 aromatic heterocycles. The zero-order valence-electron chi connectivity index (χ0n) is 17.5. The predicted octanol–water partition coefficient (Wildman–Crippen LogP) is 2.05. The average Bonchev–Trinajstić information content (AvgIpc) is 3.44. The second-order valence-corrected chi connectivity index (χ2v) is 9.23. The molecule has 0 saturated carbocycles. The van der Waals surface area contributed by atoms with Crippen LogP contribution < -0.4 is 4.90 Å². The quantitative estimate of drug-likeness (QED) is 0.555. The number of rotatable bonds is 8. The van der Waals surface area contributed by atoms with E-state index in [-0.39, 0.29) is 23.6 Å². The number of anilines is 1. The average molecular weight is 463 g/mol. The van der Waals surface area contributed by atoms with Gasteiger partial charge in [-0.25, -0.2) is 17.6 Å². The maximum absolute atomic E-state index is 13.2. The molecule has 1 amide bonds. The molecule has 2 aromatic rings. The molecule has 0 N–H and O–H groups in total. The third-order valence-electron chi connectivity index (χ3n) is 5.11. The van der Waals surface area contributed by atoms with E-state index in [4.69, 9.17) is 10.00 Å². The molecule has 1 aromatic carbocycles. The third kappa shape index (κ3) is 5.15. The molecule has 0 atom stereocenters. The van der Waals surface area contributed by atoms with Gasteiger partial charge in [0.15, 0.2) is 6.61 Å². The number of esters is 1. The molecule has 2 heterocycles. The minimum absolute atomic E-state index is 0.0119. The summed E-state index contributed by atoms with van der Waals surface area (Å²) >= 11 is 0. The molecule has 1 aliphatic rings. The standard InChI is InChI=1S/C21H23FN4O5S/c1-24-14-18(32(29,30)25-10-2-3-11-25)13-19(24)21(28)31-15-20(27)26(12-4-9-23)17-7-5-16(22)6-8-17/h5-8,13-14H,2-4,10-12,15H2,1H3. The van der Waals surface area contributed by atoms with Crippen molar-refractivity contribution in [3.8, 4) is 6.07 Å². The molecule has 0 aliphatic carbocycles. The molecule has 3 rings (SSSR count). The van der Waals surface area contributed by atoms with E-state index in [2.05, 4.69) is 0 Å². The first-order valence-electron chi connectivity index (χ1n) is 10.0. The Labute approximate surface area is 185 Å². The smallest absolute Gasteiger partial charge is 0.355 e. The highest BCUT2D eigenvalue weighted by atomic mass is 32.2. The van der Waals surface area contributed by atoms with Crippen molar-refractivity contribution < 1.29 is 27.1 Å².